The Morgan fingerprint density at radius 2 is 1.74 bits per heavy atom. The van der Waals surface area contributed by atoms with Gasteiger partial charge in [-0.25, -0.2) is 0 Å². The average Bonchev–Trinajstić information content (AvgIpc) is 3.40. The highest BCUT2D eigenvalue weighted by molar-refractivity contribution is 7.08. The van der Waals surface area contributed by atoms with Crippen LogP contribution in [0.4, 0.5) is 0 Å². The molecule has 0 aliphatic heterocycles. The number of hydrogen-bond donors (Lipinski definition) is 2. The van der Waals surface area contributed by atoms with Gasteiger partial charge in [0, 0.05) is 17.5 Å². The molecule has 0 aliphatic carbocycles. The summed E-state index contributed by atoms with van der Waals surface area (Å²) in [7, 11) is 0. The monoisotopic (exact) mass is 495 g/mol. The van der Waals surface area contributed by atoms with Crippen molar-refractivity contribution < 1.29 is 24.5 Å². The summed E-state index contributed by atoms with van der Waals surface area (Å²) in [5.41, 5.74) is 2.12. The van der Waals surface area contributed by atoms with Crippen molar-refractivity contribution in [1.29, 1.82) is 0 Å². The number of hydrogen-bond acceptors (Lipinski definition) is 5. The molecule has 0 radical (unpaired) electrons. The van der Waals surface area contributed by atoms with E-state index >= 15 is 0 Å². The maximum Gasteiger partial charge on any atom is 0.303 e. The van der Waals surface area contributed by atoms with Crippen LogP contribution in [-0.2, 0) is 11.3 Å². The summed E-state index contributed by atoms with van der Waals surface area (Å²) in [5.74, 6) is -0.384. The van der Waals surface area contributed by atoms with E-state index in [1.54, 1.807) is 30.4 Å². The predicted octanol–water partition coefficient (Wildman–Crippen LogP) is 6.20. The molecular formula is C28H33NO5S. The Kier molecular flexibility index (Phi) is 9.46. The van der Waals surface area contributed by atoms with E-state index in [-0.39, 0.29) is 18.9 Å². The topological polar surface area (TPSA) is 87.1 Å². The largest absolute Gasteiger partial charge is 0.493 e. The molecule has 1 unspecified atom stereocenters. The van der Waals surface area contributed by atoms with Crippen LogP contribution in [-0.4, -0.2) is 39.3 Å². The minimum Gasteiger partial charge on any atom is -0.493 e. The zero-order valence-electron chi connectivity index (χ0n) is 20.3. The number of carbonyl (C=O) groups is 2. The highest BCUT2D eigenvalue weighted by Gasteiger charge is 2.32. The standard InChI is InChI=1S/C28H33NO5S/c1-3-28(2,33)29(27(32)22-14-12-21(13-15-22)24-16-18-35-20-24)19-23-9-6-7-10-25(23)34-17-8-4-5-11-26(30)31/h6-7,9-10,12-16,18,20,33H,3-5,8,11,17,19H2,1-2H3,(H,30,31). The first kappa shape index (κ1) is 26.4. The van der Waals surface area contributed by atoms with Crippen LogP contribution in [0, 0.1) is 0 Å². The van der Waals surface area contributed by atoms with Crippen molar-refractivity contribution in [2.45, 2.75) is 58.2 Å². The van der Waals surface area contributed by atoms with Crippen molar-refractivity contribution in [2.75, 3.05) is 6.61 Å². The van der Waals surface area contributed by atoms with Crippen LogP contribution in [0.15, 0.2) is 65.4 Å². The zero-order valence-corrected chi connectivity index (χ0v) is 21.1. The molecule has 1 aromatic heterocycles. The fourth-order valence-electron chi connectivity index (χ4n) is 3.72. The van der Waals surface area contributed by atoms with E-state index < -0.39 is 11.7 Å². The zero-order chi connectivity index (χ0) is 25.3. The van der Waals surface area contributed by atoms with Crippen molar-refractivity contribution in [1.82, 2.24) is 4.90 Å². The second-order valence-corrected chi connectivity index (χ2v) is 9.49. The highest BCUT2D eigenvalue weighted by Crippen LogP contribution is 2.28. The van der Waals surface area contributed by atoms with Crippen LogP contribution < -0.4 is 4.74 Å². The number of aliphatic hydroxyl groups is 1. The third-order valence-corrected chi connectivity index (χ3v) is 6.76. The number of carboxylic acid groups (broad SMARTS) is 1. The number of carbonyl (C=O) groups excluding carboxylic acids is 1. The molecule has 2 N–H and O–H groups in total. The van der Waals surface area contributed by atoms with E-state index in [9.17, 15) is 14.7 Å². The van der Waals surface area contributed by atoms with Gasteiger partial charge >= 0.3 is 5.97 Å². The van der Waals surface area contributed by atoms with Crippen LogP contribution in [0.1, 0.15) is 61.9 Å². The van der Waals surface area contributed by atoms with Crippen molar-refractivity contribution >= 4 is 23.2 Å². The van der Waals surface area contributed by atoms with E-state index in [2.05, 4.69) is 5.38 Å². The van der Waals surface area contributed by atoms with Gasteiger partial charge in [0.25, 0.3) is 5.91 Å². The molecule has 1 heterocycles. The van der Waals surface area contributed by atoms with Gasteiger partial charge in [-0.15, -0.1) is 0 Å². The number of nitrogens with zero attached hydrogens (tertiary/aromatic N) is 1. The molecule has 1 atom stereocenters. The van der Waals surface area contributed by atoms with Crippen LogP contribution in [0.2, 0.25) is 0 Å². The molecule has 0 bridgehead atoms. The Bertz CT molecular complexity index is 1090. The third-order valence-electron chi connectivity index (χ3n) is 6.08. The summed E-state index contributed by atoms with van der Waals surface area (Å²) in [6.45, 7) is 4.15. The van der Waals surface area contributed by atoms with Gasteiger partial charge in [-0.2, -0.15) is 11.3 Å². The van der Waals surface area contributed by atoms with Gasteiger partial charge in [0.2, 0.25) is 0 Å². The second kappa shape index (κ2) is 12.5. The molecule has 3 aromatic rings. The number of thiophene rings is 1. The highest BCUT2D eigenvalue weighted by atomic mass is 32.1. The molecule has 0 saturated heterocycles. The Balaban J connectivity index is 1.73. The molecule has 0 spiro atoms. The average molecular weight is 496 g/mol. The SMILES string of the molecule is CCC(C)(O)N(Cc1ccccc1OCCCCCC(=O)O)C(=O)c1ccc(-c2ccsc2)cc1. The van der Waals surface area contributed by atoms with E-state index in [0.717, 1.165) is 29.5 Å². The Morgan fingerprint density at radius 3 is 2.40 bits per heavy atom. The molecule has 0 saturated carbocycles. The van der Waals surface area contributed by atoms with Crippen LogP contribution in [0.25, 0.3) is 11.1 Å². The number of unbranched alkanes of at least 4 members (excludes halogenated alkanes) is 2. The van der Waals surface area contributed by atoms with Gasteiger partial charge in [-0.3, -0.25) is 9.59 Å². The summed E-state index contributed by atoms with van der Waals surface area (Å²) in [4.78, 5) is 25.7. The first-order chi connectivity index (χ1) is 16.8. The molecule has 3 rings (SSSR count). The summed E-state index contributed by atoms with van der Waals surface area (Å²) < 4.78 is 5.97. The van der Waals surface area contributed by atoms with Crippen molar-refractivity contribution in [3.63, 3.8) is 0 Å². The van der Waals surface area contributed by atoms with E-state index in [0.29, 0.717) is 30.8 Å². The van der Waals surface area contributed by atoms with Crippen LogP contribution >= 0.6 is 11.3 Å². The number of para-hydroxylation sites is 1. The summed E-state index contributed by atoms with van der Waals surface area (Å²) in [6.07, 6.45) is 2.66. The van der Waals surface area contributed by atoms with Gasteiger partial charge in [-0.05, 0) is 78.8 Å². The van der Waals surface area contributed by atoms with Crippen molar-refractivity contribution in [3.05, 3.63) is 76.5 Å². The summed E-state index contributed by atoms with van der Waals surface area (Å²) >= 11 is 1.63. The van der Waals surface area contributed by atoms with E-state index in [1.165, 1.54) is 4.90 Å². The lowest BCUT2D eigenvalue weighted by Crippen LogP contribution is -2.49. The Hall–Kier alpha value is -3.16. The molecule has 35 heavy (non-hydrogen) atoms. The lowest BCUT2D eigenvalue weighted by Gasteiger charge is -2.37. The molecule has 2 aromatic carbocycles. The molecule has 7 heteroatoms. The Morgan fingerprint density at radius 1 is 1.00 bits per heavy atom. The van der Waals surface area contributed by atoms with Gasteiger partial charge < -0.3 is 19.8 Å². The van der Waals surface area contributed by atoms with Crippen LogP contribution in [0.3, 0.4) is 0 Å². The predicted molar refractivity (Wildman–Crippen MR) is 139 cm³/mol. The van der Waals surface area contributed by atoms with Crippen molar-refractivity contribution in [2.24, 2.45) is 0 Å². The normalized spacial score (nSPS) is 12.7. The third kappa shape index (κ3) is 7.41. The molecule has 1 amide bonds. The molecule has 0 fully saturated rings. The molecule has 6 nitrogen and oxygen atoms in total. The fraction of sp³-hybridized carbons (Fsp3) is 0.357. The lowest BCUT2D eigenvalue weighted by molar-refractivity contribution is -0.137. The second-order valence-electron chi connectivity index (χ2n) is 8.71. The summed E-state index contributed by atoms with van der Waals surface area (Å²) in [6, 6.07) is 17.0. The maximum atomic E-state index is 13.5. The molecular weight excluding hydrogens is 462 g/mol. The van der Waals surface area contributed by atoms with Gasteiger partial charge in [0.05, 0.1) is 13.2 Å². The number of carboxylic acids is 1. The Labute approximate surface area is 210 Å². The molecule has 186 valence electrons. The summed E-state index contributed by atoms with van der Waals surface area (Å²) in [5, 5.41) is 23.9. The van der Waals surface area contributed by atoms with E-state index in [1.807, 2.05) is 54.8 Å². The lowest BCUT2D eigenvalue weighted by atomic mass is 10.0. The first-order valence-electron chi connectivity index (χ1n) is 11.9. The van der Waals surface area contributed by atoms with Crippen LogP contribution in [0.5, 0.6) is 5.75 Å². The smallest absolute Gasteiger partial charge is 0.303 e. The van der Waals surface area contributed by atoms with E-state index in [4.69, 9.17) is 9.84 Å². The number of ether oxygens (including phenoxy) is 1. The minimum absolute atomic E-state index is 0.161. The molecule has 0 aliphatic rings. The number of amides is 1. The van der Waals surface area contributed by atoms with Gasteiger partial charge in [-0.1, -0.05) is 37.3 Å². The number of benzene rings is 2. The fourth-order valence-corrected chi connectivity index (χ4v) is 4.39. The maximum absolute atomic E-state index is 13.5. The first-order valence-corrected chi connectivity index (χ1v) is 12.9. The quantitative estimate of drug-likeness (QED) is 0.218. The van der Waals surface area contributed by atoms with Gasteiger partial charge in [0.15, 0.2) is 0 Å². The van der Waals surface area contributed by atoms with Crippen molar-refractivity contribution in [3.8, 4) is 16.9 Å². The number of rotatable bonds is 13. The minimum atomic E-state index is -1.34. The number of aliphatic carboxylic acids is 1. The van der Waals surface area contributed by atoms with Gasteiger partial charge in [0.1, 0.15) is 11.5 Å².